The Morgan fingerprint density at radius 3 is 2.50 bits per heavy atom. The second-order valence-electron chi connectivity index (χ2n) is 5.08. The number of carboxylic acid groups (broad SMARTS) is 1. The summed E-state index contributed by atoms with van der Waals surface area (Å²) in [5.41, 5.74) is 0.906. The van der Waals surface area contributed by atoms with Gasteiger partial charge in [-0.1, -0.05) is 19.9 Å². The lowest BCUT2D eigenvalue weighted by Gasteiger charge is -2.17. The fraction of sp³-hybridized carbons (Fsp3) is 0.533. The van der Waals surface area contributed by atoms with Gasteiger partial charge in [0.25, 0.3) is 0 Å². The number of nitrogens with one attached hydrogen (secondary N) is 1. The number of hydrogen-bond acceptors (Lipinski definition) is 4. The quantitative estimate of drug-likeness (QED) is 0.765. The smallest absolute Gasteiger partial charge is 0.320 e. The summed E-state index contributed by atoms with van der Waals surface area (Å²) in [4.78, 5) is 11.2. The minimum atomic E-state index is -0.828. The van der Waals surface area contributed by atoms with Crippen LogP contribution in [0.3, 0.4) is 0 Å². The lowest BCUT2D eigenvalue weighted by atomic mass is 10.0. The third-order valence-electron chi connectivity index (χ3n) is 3.04. The second-order valence-corrected chi connectivity index (χ2v) is 5.08. The Bertz CT molecular complexity index is 445. The topological polar surface area (TPSA) is 67.8 Å². The van der Waals surface area contributed by atoms with Crippen molar-refractivity contribution in [3.8, 4) is 11.5 Å². The summed E-state index contributed by atoms with van der Waals surface area (Å²) in [6.45, 7) is 4.45. The van der Waals surface area contributed by atoms with Crippen LogP contribution in [0.1, 0.15) is 25.8 Å². The lowest BCUT2D eigenvalue weighted by molar-refractivity contribution is -0.140. The highest BCUT2D eigenvalue weighted by Gasteiger charge is 2.18. The van der Waals surface area contributed by atoms with Crippen LogP contribution in [0, 0.1) is 5.92 Å². The molecule has 0 aromatic heterocycles. The molecule has 0 amide bonds. The third-order valence-corrected chi connectivity index (χ3v) is 3.04. The molecule has 5 nitrogen and oxygen atoms in total. The van der Waals surface area contributed by atoms with Crippen molar-refractivity contribution in [1.82, 2.24) is 5.32 Å². The third kappa shape index (κ3) is 4.74. The van der Waals surface area contributed by atoms with Crippen molar-refractivity contribution in [2.24, 2.45) is 5.92 Å². The molecule has 0 unspecified atom stereocenters. The van der Waals surface area contributed by atoms with Gasteiger partial charge in [0.2, 0.25) is 0 Å². The molecule has 1 aromatic rings. The number of hydrogen-bond donors (Lipinski definition) is 2. The molecule has 0 saturated carbocycles. The number of methoxy groups -OCH3 is 2. The highest BCUT2D eigenvalue weighted by molar-refractivity contribution is 5.73. The number of carboxylic acids is 1. The molecular weight excluding hydrogens is 258 g/mol. The number of carbonyl (C=O) groups is 1. The number of ether oxygens (including phenoxy) is 2. The zero-order valence-corrected chi connectivity index (χ0v) is 12.5. The maximum atomic E-state index is 11.2. The summed E-state index contributed by atoms with van der Waals surface area (Å²) < 4.78 is 10.4. The largest absolute Gasteiger partial charge is 0.497 e. The minimum absolute atomic E-state index is 0.321. The average molecular weight is 281 g/mol. The summed E-state index contributed by atoms with van der Waals surface area (Å²) in [6, 6.07) is 4.94. The van der Waals surface area contributed by atoms with Crippen LogP contribution in [0.4, 0.5) is 0 Å². The molecule has 0 aliphatic rings. The van der Waals surface area contributed by atoms with E-state index in [1.54, 1.807) is 20.3 Å². The van der Waals surface area contributed by atoms with Crippen molar-refractivity contribution >= 4 is 5.97 Å². The maximum Gasteiger partial charge on any atom is 0.320 e. The van der Waals surface area contributed by atoms with E-state index in [1.807, 2.05) is 26.0 Å². The normalized spacial score (nSPS) is 12.2. The average Bonchev–Trinajstić information content (AvgIpc) is 2.42. The Balaban J connectivity index is 2.74. The van der Waals surface area contributed by atoms with Crippen molar-refractivity contribution in [2.75, 3.05) is 14.2 Å². The SMILES string of the molecule is COc1ccc(CN[C@H](CC(C)C)C(=O)O)c(OC)c1. The Kier molecular flexibility index (Phi) is 6.31. The summed E-state index contributed by atoms with van der Waals surface area (Å²) in [7, 11) is 3.18. The predicted octanol–water partition coefficient (Wildman–Crippen LogP) is 2.29. The molecular formula is C15H23NO4. The molecule has 0 radical (unpaired) electrons. The Morgan fingerprint density at radius 2 is 2.00 bits per heavy atom. The van der Waals surface area contributed by atoms with Gasteiger partial charge in [-0.15, -0.1) is 0 Å². The van der Waals surface area contributed by atoms with Crippen LogP contribution in [0.5, 0.6) is 11.5 Å². The molecule has 0 bridgehead atoms. The molecule has 0 aliphatic carbocycles. The van der Waals surface area contributed by atoms with Gasteiger partial charge in [0.15, 0.2) is 0 Å². The van der Waals surface area contributed by atoms with E-state index in [0.717, 1.165) is 5.56 Å². The van der Waals surface area contributed by atoms with Crippen molar-refractivity contribution < 1.29 is 19.4 Å². The van der Waals surface area contributed by atoms with Crippen LogP contribution in [-0.4, -0.2) is 31.3 Å². The van der Waals surface area contributed by atoms with Gasteiger partial charge in [-0.3, -0.25) is 4.79 Å². The lowest BCUT2D eigenvalue weighted by Crippen LogP contribution is -2.37. The van der Waals surface area contributed by atoms with Crippen LogP contribution in [0.2, 0.25) is 0 Å². The first-order valence-corrected chi connectivity index (χ1v) is 6.65. The van der Waals surface area contributed by atoms with Gasteiger partial charge < -0.3 is 19.9 Å². The summed E-state index contributed by atoms with van der Waals surface area (Å²) in [5, 5.41) is 12.3. The molecule has 1 rings (SSSR count). The van der Waals surface area contributed by atoms with E-state index in [9.17, 15) is 9.90 Å². The van der Waals surface area contributed by atoms with Gasteiger partial charge in [0, 0.05) is 18.2 Å². The maximum absolute atomic E-state index is 11.2. The standard InChI is InChI=1S/C15H23NO4/c1-10(2)7-13(15(17)18)16-9-11-5-6-12(19-3)8-14(11)20-4/h5-6,8,10,13,16H,7,9H2,1-4H3,(H,17,18)/t13-/m1/s1. The first kappa shape index (κ1) is 16.3. The summed E-state index contributed by atoms with van der Waals surface area (Å²) in [6.07, 6.45) is 0.591. The van der Waals surface area contributed by atoms with Crippen molar-refractivity contribution in [1.29, 1.82) is 0 Å². The van der Waals surface area contributed by atoms with E-state index in [4.69, 9.17) is 9.47 Å². The van der Waals surface area contributed by atoms with E-state index in [2.05, 4.69) is 5.32 Å². The molecule has 20 heavy (non-hydrogen) atoms. The van der Waals surface area contributed by atoms with Crippen molar-refractivity contribution in [2.45, 2.75) is 32.9 Å². The molecule has 5 heteroatoms. The highest BCUT2D eigenvalue weighted by atomic mass is 16.5. The summed E-state index contributed by atoms with van der Waals surface area (Å²) in [5.74, 6) is 0.889. The molecule has 112 valence electrons. The van der Waals surface area contributed by atoms with Crippen LogP contribution in [0.15, 0.2) is 18.2 Å². The van der Waals surface area contributed by atoms with E-state index in [-0.39, 0.29) is 0 Å². The second kappa shape index (κ2) is 7.75. The van der Waals surface area contributed by atoms with Gasteiger partial charge in [-0.2, -0.15) is 0 Å². The minimum Gasteiger partial charge on any atom is -0.497 e. The van der Waals surface area contributed by atoms with E-state index < -0.39 is 12.0 Å². The van der Waals surface area contributed by atoms with E-state index in [1.165, 1.54) is 0 Å². The fourth-order valence-electron chi connectivity index (χ4n) is 1.97. The molecule has 0 aliphatic heterocycles. The van der Waals surface area contributed by atoms with Gasteiger partial charge in [-0.05, 0) is 18.4 Å². The first-order valence-electron chi connectivity index (χ1n) is 6.65. The first-order chi connectivity index (χ1) is 9.47. The van der Waals surface area contributed by atoms with Crippen LogP contribution < -0.4 is 14.8 Å². The Labute approximate surface area is 119 Å². The zero-order valence-electron chi connectivity index (χ0n) is 12.5. The number of benzene rings is 1. The monoisotopic (exact) mass is 281 g/mol. The highest BCUT2D eigenvalue weighted by Crippen LogP contribution is 2.24. The molecule has 1 atom stereocenters. The van der Waals surface area contributed by atoms with E-state index in [0.29, 0.717) is 30.4 Å². The molecule has 0 fully saturated rings. The molecule has 1 aromatic carbocycles. The van der Waals surface area contributed by atoms with Crippen molar-refractivity contribution in [3.63, 3.8) is 0 Å². The van der Waals surface area contributed by atoms with Gasteiger partial charge in [0.1, 0.15) is 17.5 Å². The Morgan fingerprint density at radius 1 is 1.30 bits per heavy atom. The van der Waals surface area contributed by atoms with Crippen LogP contribution in [0.25, 0.3) is 0 Å². The Hall–Kier alpha value is -1.75. The fourth-order valence-corrected chi connectivity index (χ4v) is 1.97. The van der Waals surface area contributed by atoms with Gasteiger partial charge in [-0.25, -0.2) is 0 Å². The number of aliphatic carboxylic acids is 1. The van der Waals surface area contributed by atoms with Crippen molar-refractivity contribution in [3.05, 3.63) is 23.8 Å². The van der Waals surface area contributed by atoms with Crippen LogP contribution in [-0.2, 0) is 11.3 Å². The number of rotatable bonds is 8. The molecule has 0 saturated heterocycles. The van der Waals surface area contributed by atoms with E-state index >= 15 is 0 Å². The van der Waals surface area contributed by atoms with Gasteiger partial charge in [0.05, 0.1) is 14.2 Å². The predicted molar refractivity (Wildman–Crippen MR) is 77.3 cm³/mol. The molecule has 2 N–H and O–H groups in total. The zero-order chi connectivity index (χ0) is 15.1. The molecule has 0 spiro atoms. The van der Waals surface area contributed by atoms with Crippen LogP contribution >= 0.6 is 0 Å². The molecule has 0 heterocycles. The summed E-state index contributed by atoms with van der Waals surface area (Å²) >= 11 is 0. The van der Waals surface area contributed by atoms with Gasteiger partial charge >= 0.3 is 5.97 Å².